The topological polar surface area (TPSA) is 87.0 Å². The molecule has 0 radical (unpaired) electrons. The van der Waals surface area contributed by atoms with Crippen LogP contribution in [0, 0.1) is 0 Å². The van der Waals surface area contributed by atoms with E-state index in [1.807, 2.05) is 63.2 Å². The van der Waals surface area contributed by atoms with Crippen molar-refractivity contribution in [3.05, 3.63) is 88.1 Å². The van der Waals surface area contributed by atoms with Crippen LogP contribution < -0.4 is 10.1 Å². The molecule has 1 heterocycles. The fourth-order valence-corrected chi connectivity index (χ4v) is 4.27. The van der Waals surface area contributed by atoms with Crippen molar-refractivity contribution in [3.63, 3.8) is 0 Å². The van der Waals surface area contributed by atoms with Gasteiger partial charge in [0.2, 0.25) is 0 Å². The van der Waals surface area contributed by atoms with Crippen molar-refractivity contribution in [2.45, 2.75) is 45.9 Å². The van der Waals surface area contributed by atoms with Gasteiger partial charge < -0.3 is 19.2 Å². The summed E-state index contributed by atoms with van der Waals surface area (Å²) in [5.41, 5.74) is 4.18. The highest BCUT2D eigenvalue weighted by atomic mass is 79.9. The average Bonchev–Trinajstić information content (AvgIpc) is 3.35. The summed E-state index contributed by atoms with van der Waals surface area (Å²) in [6.07, 6.45) is 0.888. The molecule has 1 aromatic heterocycles. The molecule has 4 rings (SSSR count). The fraction of sp³-hybridized carbons (Fsp3) is 0.241. The van der Waals surface area contributed by atoms with Gasteiger partial charge in [-0.1, -0.05) is 40.2 Å². The highest BCUT2D eigenvalue weighted by Gasteiger charge is 2.17. The minimum Gasteiger partial charge on any atom is -0.489 e. The summed E-state index contributed by atoms with van der Waals surface area (Å²) >= 11 is 3.40. The van der Waals surface area contributed by atoms with Gasteiger partial charge in [0.05, 0.1) is 12.7 Å². The first-order chi connectivity index (χ1) is 18.1. The Bertz CT molecular complexity index is 1460. The third-order valence-corrected chi connectivity index (χ3v) is 6.02. The molecule has 0 fully saturated rings. The summed E-state index contributed by atoms with van der Waals surface area (Å²) in [5.74, 6) is -0.561. The highest BCUT2D eigenvalue weighted by molar-refractivity contribution is 9.10. The lowest BCUT2D eigenvalue weighted by molar-refractivity contribution is -0.182. The van der Waals surface area contributed by atoms with Crippen LogP contribution in [0.25, 0.3) is 22.1 Å². The third-order valence-electron chi connectivity index (χ3n) is 5.53. The smallest absolute Gasteiger partial charge is 0.407 e. The number of hydrogen-bond donors (Lipinski definition) is 1. The van der Waals surface area contributed by atoms with Crippen LogP contribution in [0.3, 0.4) is 0 Å². The van der Waals surface area contributed by atoms with E-state index in [4.69, 9.17) is 13.9 Å². The molecule has 198 valence electrons. The van der Waals surface area contributed by atoms with Crippen LogP contribution in [0.2, 0.25) is 0 Å². The summed E-state index contributed by atoms with van der Waals surface area (Å²) in [4.78, 5) is 26.9. The molecule has 0 unspecified atom stereocenters. The van der Waals surface area contributed by atoms with Gasteiger partial charge >= 0.3 is 12.1 Å². The van der Waals surface area contributed by atoms with Crippen molar-refractivity contribution in [2.24, 2.45) is 0 Å². The van der Waals surface area contributed by atoms with E-state index in [2.05, 4.69) is 26.2 Å². The van der Waals surface area contributed by atoms with Gasteiger partial charge in [0, 0.05) is 32.1 Å². The maximum atomic E-state index is 12.3. The lowest BCUT2D eigenvalue weighted by Crippen LogP contribution is -2.32. The summed E-state index contributed by atoms with van der Waals surface area (Å²) < 4.78 is 30.2. The van der Waals surface area contributed by atoms with Crippen molar-refractivity contribution < 1.29 is 32.9 Å². The van der Waals surface area contributed by atoms with Gasteiger partial charge in [0.25, 0.3) is 0 Å². The van der Waals surface area contributed by atoms with E-state index in [-0.39, 0.29) is 13.0 Å². The van der Waals surface area contributed by atoms with Crippen molar-refractivity contribution in [3.8, 4) is 16.9 Å². The Kier molecular flexibility index (Phi) is 8.36. The lowest BCUT2D eigenvalue weighted by atomic mass is 9.99. The molecule has 0 saturated heterocycles. The molecule has 0 bridgehead atoms. The van der Waals surface area contributed by atoms with E-state index >= 15 is 0 Å². The van der Waals surface area contributed by atoms with Crippen molar-refractivity contribution >= 4 is 39.0 Å². The van der Waals surface area contributed by atoms with Crippen molar-refractivity contribution in [2.75, 3.05) is 0 Å². The number of ether oxygens (including phenoxy) is 2. The second kappa shape index (κ2) is 11.7. The second-order valence-corrected chi connectivity index (χ2v) is 10.6. The molecule has 0 aliphatic heterocycles. The molecular weight excluding hydrogens is 557 g/mol. The molecule has 0 spiro atoms. The average molecular weight is 584 g/mol. The summed E-state index contributed by atoms with van der Waals surface area (Å²) in [5, 5.41) is 3.68. The number of furan rings is 1. The molecule has 0 atom stereocenters. The van der Waals surface area contributed by atoms with Gasteiger partial charge in [0.15, 0.2) is 0 Å². The summed E-state index contributed by atoms with van der Waals surface area (Å²) in [7, 11) is 0. The molecule has 0 aliphatic carbocycles. The fourth-order valence-electron chi connectivity index (χ4n) is 3.93. The molecule has 7 nitrogen and oxygen atoms in total. The zero-order chi connectivity index (χ0) is 27.3. The summed E-state index contributed by atoms with van der Waals surface area (Å²) in [6.45, 7) is 5.94. The molecule has 4 aromatic rings. The van der Waals surface area contributed by atoms with E-state index < -0.39 is 17.7 Å². The Morgan fingerprint density at radius 2 is 1.84 bits per heavy atom. The van der Waals surface area contributed by atoms with Crippen molar-refractivity contribution in [1.82, 2.24) is 5.32 Å². The predicted molar refractivity (Wildman–Crippen MR) is 144 cm³/mol. The van der Waals surface area contributed by atoms with Crippen LogP contribution in [-0.4, -0.2) is 17.7 Å². The predicted octanol–water partition coefficient (Wildman–Crippen LogP) is 7.44. The van der Waals surface area contributed by atoms with Crippen LogP contribution in [-0.2, 0) is 34.0 Å². The Morgan fingerprint density at radius 3 is 2.61 bits per heavy atom. The molecular formula is C29H27BrFNO6. The number of nitrogens with one attached hydrogen (secondary N) is 1. The molecule has 9 heteroatoms. The van der Waals surface area contributed by atoms with E-state index in [1.54, 1.807) is 24.5 Å². The van der Waals surface area contributed by atoms with Crippen LogP contribution in [0.4, 0.5) is 9.32 Å². The first-order valence-corrected chi connectivity index (χ1v) is 12.7. The Labute approximate surface area is 227 Å². The van der Waals surface area contributed by atoms with E-state index in [0.29, 0.717) is 17.9 Å². The number of alkyl carbamates (subject to hydrolysis) is 1. The van der Waals surface area contributed by atoms with Gasteiger partial charge in [-0.3, -0.25) is 4.94 Å². The number of benzene rings is 3. The monoisotopic (exact) mass is 583 g/mol. The zero-order valence-corrected chi connectivity index (χ0v) is 22.8. The maximum absolute atomic E-state index is 12.3. The molecule has 1 N–H and O–H groups in total. The van der Waals surface area contributed by atoms with E-state index in [9.17, 15) is 14.1 Å². The Morgan fingerprint density at radius 1 is 1.03 bits per heavy atom. The quantitative estimate of drug-likeness (QED) is 0.232. The molecule has 0 aliphatic rings. The molecule has 0 saturated carbocycles. The minimum atomic E-state index is -1.000. The van der Waals surface area contributed by atoms with E-state index in [1.165, 1.54) is 0 Å². The van der Waals surface area contributed by atoms with Crippen LogP contribution in [0.15, 0.2) is 75.8 Å². The van der Waals surface area contributed by atoms with Gasteiger partial charge in [-0.25, -0.2) is 9.59 Å². The third kappa shape index (κ3) is 7.13. The van der Waals surface area contributed by atoms with Crippen LogP contribution in [0.1, 0.15) is 37.5 Å². The Balaban J connectivity index is 1.57. The SMILES string of the molecule is CC(C)(C)OC(=O)NCc1cccc(-c2cc(COc3cc(Br)ccc3CC(=O)OF)cc3ccoc23)c1. The number of amides is 1. The van der Waals surface area contributed by atoms with Gasteiger partial charge in [-0.05, 0) is 73.9 Å². The van der Waals surface area contributed by atoms with Crippen LogP contribution >= 0.6 is 15.9 Å². The zero-order valence-electron chi connectivity index (χ0n) is 21.2. The number of carbonyl (C=O) groups is 2. The molecule has 3 aromatic carbocycles. The lowest BCUT2D eigenvalue weighted by Gasteiger charge is -2.19. The second-order valence-electron chi connectivity index (χ2n) is 9.70. The number of halogens is 2. The number of rotatable bonds is 8. The number of hydrogen-bond acceptors (Lipinski definition) is 6. The van der Waals surface area contributed by atoms with Gasteiger partial charge in [-0.2, -0.15) is 0 Å². The minimum absolute atomic E-state index is 0.197. The van der Waals surface area contributed by atoms with Gasteiger partial charge in [-0.15, -0.1) is 0 Å². The number of fused-ring (bicyclic) bond motifs is 1. The largest absolute Gasteiger partial charge is 0.489 e. The van der Waals surface area contributed by atoms with E-state index in [0.717, 1.165) is 37.7 Å². The van der Waals surface area contributed by atoms with Crippen molar-refractivity contribution in [1.29, 1.82) is 0 Å². The molecule has 1 amide bonds. The maximum Gasteiger partial charge on any atom is 0.407 e. The number of carbonyl (C=O) groups excluding carboxylic acids is 2. The standard InChI is InChI=1S/C29H27BrFNO6/c1-29(2,3)37-28(34)32-16-18-5-4-6-20(11-18)24-13-19(12-22-9-10-35-27(22)24)17-36-25-15-23(30)8-7-21(25)14-26(33)38-31/h4-13,15H,14,16-17H2,1-3H3,(H,32,34). The first kappa shape index (κ1) is 27.2. The first-order valence-electron chi connectivity index (χ1n) is 11.9. The van der Waals surface area contributed by atoms with Crippen LogP contribution in [0.5, 0.6) is 5.75 Å². The molecule has 38 heavy (non-hydrogen) atoms. The normalized spacial score (nSPS) is 11.3. The Hall–Kier alpha value is -3.85. The highest BCUT2D eigenvalue weighted by Crippen LogP contribution is 2.33. The van der Waals surface area contributed by atoms with Gasteiger partial charge in [0.1, 0.15) is 23.5 Å². The summed E-state index contributed by atoms with van der Waals surface area (Å²) in [6, 6.07) is 18.7.